The topological polar surface area (TPSA) is 79.5 Å². The van der Waals surface area contributed by atoms with Gasteiger partial charge in [0.05, 0.1) is 12.6 Å². The highest BCUT2D eigenvalue weighted by atomic mass is 16.5. The van der Waals surface area contributed by atoms with Crippen molar-refractivity contribution in [1.29, 1.82) is 0 Å². The molecule has 0 aromatic heterocycles. The van der Waals surface area contributed by atoms with Crippen molar-refractivity contribution in [3.8, 4) is 0 Å². The van der Waals surface area contributed by atoms with E-state index in [-0.39, 0.29) is 24.6 Å². The van der Waals surface area contributed by atoms with Gasteiger partial charge >= 0.3 is 6.03 Å². The third-order valence-electron chi connectivity index (χ3n) is 3.76. The van der Waals surface area contributed by atoms with Gasteiger partial charge in [-0.05, 0) is 31.2 Å². The number of hydrogen-bond acceptors (Lipinski definition) is 3. The fourth-order valence-electron chi connectivity index (χ4n) is 2.50. The smallest absolute Gasteiger partial charge is 0.315 e. The summed E-state index contributed by atoms with van der Waals surface area (Å²) < 4.78 is 5.48. The van der Waals surface area contributed by atoms with Gasteiger partial charge in [0.1, 0.15) is 0 Å². The van der Waals surface area contributed by atoms with E-state index >= 15 is 0 Å². The molecule has 1 aliphatic rings. The minimum atomic E-state index is -0.318. The summed E-state index contributed by atoms with van der Waals surface area (Å²) >= 11 is 0. The van der Waals surface area contributed by atoms with Crippen LogP contribution >= 0.6 is 0 Å². The van der Waals surface area contributed by atoms with Crippen molar-refractivity contribution >= 4 is 11.9 Å². The lowest BCUT2D eigenvalue weighted by molar-refractivity contribution is -0.120. The first-order valence-corrected chi connectivity index (χ1v) is 8.18. The lowest BCUT2D eigenvalue weighted by atomic mass is 10.1. The minimum Gasteiger partial charge on any atom is -0.378 e. The molecule has 1 aromatic carbocycles. The molecule has 1 atom stereocenters. The van der Waals surface area contributed by atoms with Crippen molar-refractivity contribution in [3.63, 3.8) is 0 Å². The van der Waals surface area contributed by atoms with E-state index in [1.54, 1.807) is 0 Å². The monoisotopic (exact) mass is 319 g/mol. The van der Waals surface area contributed by atoms with E-state index in [0.717, 1.165) is 32.3 Å². The van der Waals surface area contributed by atoms with Crippen LogP contribution in [0.1, 0.15) is 24.8 Å². The van der Waals surface area contributed by atoms with Gasteiger partial charge in [-0.25, -0.2) is 4.79 Å². The molecule has 0 bridgehead atoms. The molecule has 1 heterocycles. The molecule has 1 aliphatic heterocycles. The molecule has 23 heavy (non-hydrogen) atoms. The average molecular weight is 319 g/mol. The summed E-state index contributed by atoms with van der Waals surface area (Å²) in [5, 5.41) is 8.08. The van der Waals surface area contributed by atoms with Gasteiger partial charge in [-0.2, -0.15) is 0 Å². The van der Waals surface area contributed by atoms with E-state index in [1.807, 2.05) is 30.3 Å². The maximum absolute atomic E-state index is 11.6. The molecule has 0 radical (unpaired) electrons. The fraction of sp³-hybridized carbons (Fsp3) is 0.529. The summed E-state index contributed by atoms with van der Waals surface area (Å²) in [5.41, 5.74) is 1.17. The largest absolute Gasteiger partial charge is 0.378 e. The molecule has 0 aliphatic carbocycles. The molecule has 6 heteroatoms. The van der Waals surface area contributed by atoms with Crippen molar-refractivity contribution in [2.24, 2.45) is 0 Å². The van der Waals surface area contributed by atoms with Gasteiger partial charge in [-0.3, -0.25) is 4.79 Å². The highest BCUT2D eigenvalue weighted by molar-refractivity contribution is 5.83. The molecule has 0 spiro atoms. The first-order chi connectivity index (χ1) is 11.2. The molecule has 0 unspecified atom stereocenters. The van der Waals surface area contributed by atoms with Gasteiger partial charge in [-0.15, -0.1) is 0 Å². The van der Waals surface area contributed by atoms with Crippen LogP contribution < -0.4 is 16.0 Å². The third-order valence-corrected chi connectivity index (χ3v) is 3.76. The van der Waals surface area contributed by atoms with Crippen molar-refractivity contribution in [2.75, 3.05) is 26.2 Å². The summed E-state index contributed by atoms with van der Waals surface area (Å²) in [6.45, 7) is 1.93. The number of ether oxygens (including phenoxy) is 1. The van der Waals surface area contributed by atoms with Gasteiger partial charge in [0.15, 0.2) is 0 Å². The van der Waals surface area contributed by atoms with E-state index in [2.05, 4.69) is 16.0 Å². The Morgan fingerprint density at radius 2 is 1.91 bits per heavy atom. The maximum atomic E-state index is 11.6. The molecular weight excluding hydrogens is 294 g/mol. The summed E-state index contributed by atoms with van der Waals surface area (Å²) in [6, 6.07) is 9.63. The molecule has 0 saturated carbocycles. The predicted molar refractivity (Wildman–Crippen MR) is 88.1 cm³/mol. The fourth-order valence-corrected chi connectivity index (χ4v) is 2.50. The Bertz CT molecular complexity index is 487. The van der Waals surface area contributed by atoms with Crippen molar-refractivity contribution < 1.29 is 14.3 Å². The van der Waals surface area contributed by atoms with Crippen LogP contribution in [0.5, 0.6) is 0 Å². The molecular formula is C17H25N3O3. The minimum absolute atomic E-state index is 0.0133. The zero-order chi connectivity index (χ0) is 16.3. The van der Waals surface area contributed by atoms with Gasteiger partial charge in [0, 0.05) is 19.7 Å². The Balaban J connectivity index is 1.49. The van der Waals surface area contributed by atoms with Crippen LogP contribution in [-0.2, 0) is 16.0 Å². The normalized spacial score (nSPS) is 16.8. The predicted octanol–water partition coefficient (Wildman–Crippen LogP) is 1.21. The van der Waals surface area contributed by atoms with Crippen LogP contribution in [0, 0.1) is 0 Å². The van der Waals surface area contributed by atoms with E-state index in [1.165, 1.54) is 5.56 Å². The Hall–Kier alpha value is -2.08. The lowest BCUT2D eigenvalue weighted by Crippen LogP contribution is -2.43. The molecule has 1 saturated heterocycles. The number of hydrogen-bond donors (Lipinski definition) is 3. The highest BCUT2D eigenvalue weighted by Crippen LogP contribution is 2.14. The zero-order valence-corrected chi connectivity index (χ0v) is 13.3. The van der Waals surface area contributed by atoms with E-state index < -0.39 is 0 Å². The quantitative estimate of drug-likeness (QED) is 0.674. The lowest BCUT2D eigenvalue weighted by Gasteiger charge is -2.11. The number of rotatable bonds is 8. The molecule has 2 rings (SSSR count). The van der Waals surface area contributed by atoms with Gasteiger partial charge in [-0.1, -0.05) is 30.3 Å². The Morgan fingerprint density at radius 3 is 2.65 bits per heavy atom. The van der Waals surface area contributed by atoms with Crippen LogP contribution in [0.2, 0.25) is 0 Å². The Kier molecular flexibility index (Phi) is 7.39. The average Bonchev–Trinajstić information content (AvgIpc) is 3.07. The Labute approximate surface area is 137 Å². The van der Waals surface area contributed by atoms with Crippen LogP contribution in [0.4, 0.5) is 4.79 Å². The second kappa shape index (κ2) is 9.84. The summed E-state index contributed by atoms with van der Waals surface area (Å²) in [6.07, 6.45) is 4.01. The third kappa shape index (κ3) is 7.15. The number of benzene rings is 1. The van der Waals surface area contributed by atoms with Gasteiger partial charge < -0.3 is 20.7 Å². The second-order valence-corrected chi connectivity index (χ2v) is 5.62. The number of carbonyl (C=O) groups excluding carboxylic acids is 2. The molecule has 3 N–H and O–H groups in total. The SMILES string of the molecule is O=C(CNC(=O)NCC[C@@H]1CCCO1)NCCc1ccccc1. The number of nitrogens with one attached hydrogen (secondary N) is 3. The van der Waals surface area contributed by atoms with Gasteiger partial charge in [0.2, 0.25) is 5.91 Å². The van der Waals surface area contributed by atoms with E-state index in [4.69, 9.17) is 4.74 Å². The molecule has 1 aromatic rings. The zero-order valence-electron chi connectivity index (χ0n) is 13.3. The number of urea groups is 1. The van der Waals surface area contributed by atoms with Crippen molar-refractivity contribution in [1.82, 2.24) is 16.0 Å². The second-order valence-electron chi connectivity index (χ2n) is 5.62. The van der Waals surface area contributed by atoms with E-state index in [0.29, 0.717) is 13.1 Å². The first kappa shape index (κ1) is 17.3. The summed E-state index contributed by atoms with van der Waals surface area (Å²) in [7, 11) is 0. The van der Waals surface area contributed by atoms with Crippen LogP contribution in [0.3, 0.4) is 0 Å². The van der Waals surface area contributed by atoms with Crippen LogP contribution in [0.25, 0.3) is 0 Å². The molecule has 6 nitrogen and oxygen atoms in total. The van der Waals surface area contributed by atoms with Crippen molar-refractivity contribution in [3.05, 3.63) is 35.9 Å². The molecule has 3 amide bonds. The first-order valence-electron chi connectivity index (χ1n) is 8.18. The summed E-state index contributed by atoms with van der Waals surface area (Å²) in [4.78, 5) is 23.2. The molecule has 126 valence electrons. The highest BCUT2D eigenvalue weighted by Gasteiger charge is 2.15. The number of amides is 3. The summed E-state index contributed by atoms with van der Waals surface area (Å²) in [5.74, 6) is -0.185. The molecule has 1 fully saturated rings. The number of carbonyl (C=O) groups is 2. The Morgan fingerprint density at radius 1 is 1.09 bits per heavy atom. The standard InChI is InChI=1S/C17H25N3O3/c21-16(18-10-8-14-5-2-1-3-6-14)13-20-17(22)19-11-9-15-7-4-12-23-15/h1-3,5-6,15H,4,7-13H2,(H,18,21)(H2,19,20,22)/t15-/m0/s1. The van der Waals surface area contributed by atoms with Crippen molar-refractivity contribution in [2.45, 2.75) is 31.8 Å². The van der Waals surface area contributed by atoms with Gasteiger partial charge in [0.25, 0.3) is 0 Å². The van der Waals surface area contributed by atoms with Crippen LogP contribution in [-0.4, -0.2) is 44.3 Å². The van der Waals surface area contributed by atoms with Crippen LogP contribution in [0.15, 0.2) is 30.3 Å². The van der Waals surface area contributed by atoms with E-state index in [9.17, 15) is 9.59 Å². The maximum Gasteiger partial charge on any atom is 0.315 e.